The fourth-order valence-electron chi connectivity index (χ4n) is 7.74. The number of hydrogen-bond acceptors (Lipinski definition) is 8. The SMILES string of the molecule is CC1CC(c2cccc(N3Cc4c(cc(CN5CC(O[C@@H]6CCN(C#N)C6)C5)cc4C(F)(F)F)C3O)c2)(c2nncn2C)C1. The second-order valence-corrected chi connectivity index (χ2v) is 13.0. The van der Waals surface area contributed by atoms with Gasteiger partial charge in [-0.25, -0.2) is 0 Å². The maximum Gasteiger partial charge on any atom is 0.416 e. The van der Waals surface area contributed by atoms with Crippen LogP contribution in [0.4, 0.5) is 18.9 Å². The zero-order valence-corrected chi connectivity index (χ0v) is 24.8. The molecule has 3 aromatic rings. The molecular formula is C32H36F3N7O2. The van der Waals surface area contributed by atoms with Gasteiger partial charge in [0.1, 0.15) is 12.2 Å². The number of hydrogen-bond donors (Lipinski definition) is 1. The number of nitriles is 1. The summed E-state index contributed by atoms with van der Waals surface area (Å²) in [4.78, 5) is 5.38. The van der Waals surface area contributed by atoms with E-state index in [1.54, 1.807) is 22.2 Å². The van der Waals surface area contributed by atoms with Crippen molar-refractivity contribution in [3.63, 3.8) is 0 Å². The highest BCUT2D eigenvalue weighted by molar-refractivity contribution is 5.59. The number of aryl methyl sites for hydroxylation is 1. The van der Waals surface area contributed by atoms with Crippen molar-refractivity contribution < 1.29 is 23.0 Å². The van der Waals surface area contributed by atoms with Crippen LogP contribution < -0.4 is 4.90 Å². The molecule has 0 amide bonds. The summed E-state index contributed by atoms with van der Waals surface area (Å²) in [6, 6.07) is 10.7. The van der Waals surface area contributed by atoms with Gasteiger partial charge in [0, 0.05) is 51.0 Å². The molecule has 1 unspecified atom stereocenters. The van der Waals surface area contributed by atoms with E-state index < -0.39 is 18.0 Å². The summed E-state index contributed by atoms with van der Waals surface area (Å²) in [7, 11) is 1.92. The summed E-state index contributed by atoms with van der Waals surface area (Å²) >= 11 is 0. The highest BCUT2D eigenvalue weighted by Crippen LogP contribution is 2.52. The van der Waals surface area contributed by atoms with Crippen LogP contribution in [0.2, 0.25) is 0 Å². The number of anilines is 1. The number of rotatable bonds is 7. The van der Waals surface area contributed by atoms with Crippen LogP contribution in [0.5, 0.6) is 0 Å². The van der Waals surface area contributed by atoms with E-state index in [2.05, 4.69) is 28.2 Å². The Bertz CT molecular complexity index is 1590. The van der Waals surface area contributed by atoms with Crippen LogP contribution >= 0.6 is 0 Å². The van der Waals surface area contributed by atoms with Crippen LogP contribution in [-0.4, -0.2) is 68.1 Å². The molecule has 1 N–H and O–H groups in total. The fraction of sp³-hybridized carbons (Fsp3) is 0.531. The summed E-state index contributed by atoms with van der Waals surface area (Å²) in [6.07, 6.45) is 0.702. The largest absolute Gasteiger partial charge is 0.416 e. The van der Waals surface area contributed by atoms with Crippen molar-refractivity contribution in [3.8, 4) is 6.19 Å². The molecule has 2 atom stereocenters. The summed E-state index contributed by atoms with van der Waals surface area (Å²) in [5.41, 5.74) is 1.62. The first kappa shape index (κ1) is 29.1. The van der Waals surface area contributed by atoms with Crippen LogP contribution in [0.15, 0.2) is 42.7 Å². The van der Waals surface area contributed by atoms with Gasteiger partial charge in [0.2, 0.25) is 0 Å². The second-order valence-electron chi connectivity index (χ2n) is 13.0. The molecule has 4 heterocycles. The van der Waals surface area contributed by atoms with E-state index in [4.69, 9.17) is 10.00 Å². The van der Waals surface area contributed by atoms with Crippen molar-refractivity contribution in [1.82, 2.24) is 24.6 Å². The number of fused-ring (bicyclic) bond motifs is 1. The molecular weight excluding hydrogens is 571 g/mol. The van der Waals surface area contributed by atoms with Gasteiger partial charge in [0.25, 0.3) is 0 Å². The van der Waals surface area contributed by atoms with Gasteiger partial charge in [-0.2, -0.15) is 18.4 Å². The van der Waals surface area contributed by atoms with Gasteiger partial charge in [0.05, 0.1) is 29.7 Å². The molecule has 1 aromatic heterocycles. The van der Waals surface area contributed by atoms with Crippen molar-refractivity contribution >= 4 is 5.69 Å². The highest BCUT2D eigenvalue weighted by atomic mass is 19.4. The Morgan fingerprint density at radius 1 is 1.14 bits per heavy atom. The predicted molar refractivity (Wildman–Crippen MR) is 155 cm³/mol. The van der Waals surface area contributed by atoms with Crippen molar-refractivity contribution in [2.24, 2.45) is 13.0 Å². The predicted octanol–water partition coefficient (Wildman–Crippen LogP) is 4.32. The molecule has 1 saturated carbocycles. The van der Waals surface area contributed by atoms with Crippen molar-refractivity contribution in [3.05, 3.63) is 76.4 Å². The summed E-state index contributed by atoms with van der Waals surface area (Å²) in [5.74, 6) is 1.38. The average Bonchev–Trinajstić information content (AvgIpc) is 3.68. The number of alkyl halides is 3. The molecule has 3 fully saturated rings. The maximum absolute atomic E-state index is 14.4. The molecule has 2 saturated heterocycles. The van der Waals surface area contributed by atoms with E-state index in [1.165, 1.54) is 6.07 Å². The Kier molecular flexibility index (Phi) is 7.10. The van der Waals surface area contributed by atoms with E-state index in [-0.39, 0.29) is 29.7 Å². The third-order valence-corrected chi connectivity index (χ3v) is 9.82. The zero-order chi connectivity index (χ0) is 30.8. The second kappa shape index (κ2) is 10.8. The maximum atomic E-state index is 14.4. The molecule has 44 heavy (non-hydrogen) atoms. The van der Waals surface area contributed by atoms with Gasteiger partial charge < -0.3 is 24.2 Å². The van der Waals surface area contributed by atoms with E-state index in [1.807, 2.05) is 35.9 Å². The number of nitrogens with zero attached hydrogens (tertiary/aromatic N) is 7. The van der Waals surface area contributed by atoms with E-state index in [0.29, 0.717) is 55.5 Å². The first-order chi connectivity index (χ1) is 21.0. The van der Waals surface area contributed by atoms with E-state index in [9.17, 15) is 18.3 Å². The standard InChI is InChI=1S/C32H36F3N7O2/c1-20-11-31(12-20,30-38-37-19-39(30)2)22-4-3-5-23(10-22)42-17-27-26(29(42)43)8-21(9-28(27)32(33,34)35)13-41-15-25(16-41)44-24-6-7-40(14-24)18-36/h3-5,8-10,19-20,24-25,29,43H,6-7,11-17H2,1-2H3/t20?,24-,29?,31?/m1/s1. The lowest BCUT2D eigenvalue weighted by atomic mass is 9.58. The Morgan fingerprint density at radius 3 is 2.59 bits per heavy atom. The molecule has 0 bridgehead atoms. The van der Waals surface area contributed by atoms with Gasteiger partial charge in [-0.05, 0) is 66.1 Å². The minimum Gasteiger partial charge on any atom is -0.370 e. The molecule has 0 spiro atoms. The molecule has 0 radical (unpaired) electrons. The number of likely N-dealkylation sites (tertiary alicyclic amines) is 2. The fourth-order valence-corrected chi connectivity index (χ4v) is 7.74. The number of ether oxygens (including phenoxy) is 1. The van der Waals surface area contributed by atoms with Crippen molar-refractivity contribution in [2.45, 2.75) is 69.3 Å². The number of aliphatic hydroxyl groups is 1. The smallest absolute Gasteiger partial charge is 0.370 e. The number of benzene rings is 2. The molecule has 4 aliphatic rings. The van der Waals surface area contributed by atoms with Gasteiger partial charge >= 0.3 is 6.18 Å². The Hall–Kier alpha value is -3.66. The first-order valence-corrected chi connectivity index (χ1v) is 15.2. The molecule has 2 aromatic carbocycles. The normalized spacial score (nSPS) is 27.2. The lowest BCUT2D eigenvalue weighted by molar-refractivity contribution is -0.138. The Labute approximate surface area is 254 Å². The first-order valence-electron chi connectivity index (χ1n) is 15.2. The molecule has 3 aliphatic heterocycles. The van der Waals surface area contributed by atoms with Gasteiger partial charge in [-0.3, -0.25) is 4.90 Å². The Balaban J connectivity index is 1.10. The number of halogens is 3. The zero-order valence-electron chi connectivity index (χ0n) is 24.8. The molecule has 232 valence electrons. The summed E-state index contributed by atoms with van der Waals surface area (Å²) in [6.45, 7) is 5.02. The molecule has 9 nitrogen and oxygen atoms in total. The lowest BCUT2D eigenvalue weighted by Crippen LogP contribution is -2.52. The molecule has 12 heteroatoms. The summed E-state index contributed by atoms with van der Waals surface area (Å²) < 4.78 is 51.2. The molecule has 7 rings (SSSR count). The number of aliphatic hydroxyl groups excluding tert-OH is 1. The highest BCUT2D eigenvalue weighted by Gasteiger charge is 2.48. The van der Waals surface area contributed by atoms with Gasteiger partial charge in [0.15, 0.2) is 12.4 Å². The monoisotopic (exact) mass is 607 g/mol. The van der Waals surface area contributed by atoms with Gasteiger partial charge in [-0.15, -0.1) is 10.2 Å². The van der Waals surface area contributed by atoms with Crippen LogP contribution in [0.1, 0.15) is 66.1 Å². The number of aromatic nitrogens is 3. The topological polar surface area (TPSA) is 93.7 Å². The minimum atomic E-state index is -4.55. The lowest BCUT2D eigenvalue weighted by Gasteiger charge is -2.46. The molecule has 1 aliphatic carbocycles. The minimum absolute atomic E-state index is 0.00649. The van der Waals surface area contributed by atoms with Crippen LogP contribution in [-0.2, 0) is 36.5 Å². The summed E-state index contributed by atoms with van der Waals surface area (Å²) in [5, 5.41) is 29.0. The van der Waals surface area contributed by atoms with Crippen LogP contribution in [0.3, 0.4) is 0 Å². The van der Waals surface area contributed by atoms with Crippen molar-refractivity contribution in [1.29, 1.82) is 5.26 Å². The van der Waals surface area contributed by atoms with Crippen LogP contribution in [0, 0.1) is 17.4 Å². The average molecular weight is 608 g/mol. The van der Waals surface area contributed by atoms with Gasteiger partial charge in [-0.1, -0.05) is 19.1 Å². The van der Waals surface area contributed by atoms with Crippen molar-refractivity contribution in [2.75, 3.05) is 31.1 Å². The third kappa shape index (κ3) is 5.01. The van der Waals surface area contributed by atoms with E-state index in [0.717, 1.165) is 30.7 Å². The quantitative estimate of drug-likeness (QED) is 0.397. The third-order valence-electron chi connectivity index (χ3n) is 9.82. The Morgan fingerprint density at radius 2 is 1.93 bits per heavy atom. The van der Waals surface area contributed by atoms with E-state index >= 15 is 0 Å². The van der Waals surface area contributed by atoms with Crippen LogP contribution in [0.25, 0.3) is 0 Å².